The van der Waals surface area contributed by atoms with Gasteiger partial charge in [-0.25, -0.2) is 9.78 Å². The van der Waals surface area contributed by atoms with Gasteiger partial charge in [0.25, 0.3) is 0 Å². The Bertz CT molecular complexity index is 561. The van der Waals surface area contributed by atoms with Crippen LogP contribution in [-0.2, 0) is 11.2 Å². The number of fused-ring (bicyclic) bond motifs is 1. The summed E-state index contributed by atoms with van der Waals surface area (Å²) in [6.45, 7) is 1.96. The fraction of sp³-hybridized carbons (Fsp3) is 0.385. The molecule has 1 atom stereocenters. The van der Waals surface area contributed by atoms with Crippen LogP contribution in [0.2, 0.25) is 0 Å². The molecule has 0 aliphatic carbocycles. The van der Waals surface area contributed by atoms with Crippen LogP contribution in [0.4, 0.5) is 0 Å². The number of benzene rings is 1. The molecule has 1 heterocycles. The number of carbonyl (C=O) groups is 1. The van der Waals surface area contributed by atoms with Crippen LogP contribution < -0.4 is 0 Å². The highest BCUT2D eigenvalue weighted by atomic mass is 16.5. The van der Waals surface area contributed by atoms with Gasteiger partial charge in [-0.05, 0) is 25.5 Å². The van der Waals surface area contributed by atoms with Gasteiger partial charge in [0, 0.05) is 13.5 Å². The van der Waals surface area contributed by atoms with E-state index in [2.05, 4.69) is 4.98 Å². The Kier molecular flexibility index (Phi) is 3.62. The smallest absolute Gasteiger partial charge is 0.339 e. The Morgan fingerprint density at radius 1 is 1.56 bits per heavy atom. The van der Waals surface area contributed by atoms with Crippen molar-refractivity contribution in [2.45, 2.75) is 25.9 Å². The number of para-hydroxylation sites is 1. The molecule has 1 aromatic carbocycles. The second kappa shape index (κ2) is 5.18. The zero-order chi connectivity index (χ0) is 13.1. The molecule has 0 aliphatic heterocycles. The summed E-state index contributed by atoms with van der Waals surface area (Å²) in [5, 5.41) is 9.04. The maximum atomic E-state index is 11.0. The molecule has 1 N–H and O–H groups in total. The van der Waals surface area contributed by atoms with Crippen molar-refractivity contribution in [2.24, 2.45) is 0 Å². The van der Waals surface area contributed by atoms with E-state index in [9.17, 15) is 4.79 Å². The van der Waals surface area contributed by atoms with Gasteiger partial charge < -0.3 is 14.3 Å². The standard InChI is InChI=1S/C13H15NO4/c1-8(17-2)6-7-11-14-10-5-3-4-9(13(15)16)12(10)18-11/h3-5,8H,6-7H2,1-2H3,(H,15,16). The zero-order valence-corrected chi connectivity index (χ0v) is 10.3. The first kappa shape index (κ1) is 12.6. The summed E-state index contributed by atoms with van der Waals surface area (Å²) in [6, 6.07) is 4.92. The van der Waals surface area contributed by atoms with Gasteiger partial charge in [-0.1, -0.05) is 6.07 Å². The van der Waals surface area contributed by atoms with Gasteiger partial charge in [-0.15, -0.1) is 0 Å². The molecule has 2 aromatic rings. The number of nitrogens with zero attached hydrogens (tertiary/aromatic N) is 1. The van der Waals surface area contributed by atoms with Gasteiger partial charge in [0.2, 0.25) is 0 Å². The molecule has 0 amide bonds. The summed E-state index contributed by atoms with van der Waals surface area (Å²) in [5.74, 6) is -0.462. The minimum Gasteiger partial charge on any atom is -0.478 e. The minimum absolute atomic E-state index is 0.124. The van der Waals surface area contributed by atoms with Crippen LogP contribution in [0.15, 0.2) is 22.6 Å². The quantitative estimate of drug-likeness (QED) is 0.881. The number of oxazole rings is 1. The molecule has 18 heavy (non-hydrogen) atoms. The van der Waals surface area contributed by atoms with E-state index < -0.39 is 5.97 Å². The summed E-state index contributed by atoms with van der Waals surface area (Å²) < 4.78 is 10.7. The van der Waals surface area contributed by atoms with Gasteiger partial charge in [0.05, 0.1) is 6.10 Å². The highest BCUT2D eigenvalue weighted by Crippen LogP contribution is 2.21. The molecule has 0 radical (unpaired) electrons. The highest BCUT2D eigenvalue weighted by Gasteiger charge is 2.14. The van der Waals surface area contributed by atoms with Crippen molar-refractivity contribution >= 4 is 17.1 Å². The Labute approximate surface area is 104 Å². The van der Waals surface area contributed by atoms with Crippen molar-refractivity contribution in [3.63, 3.8) is 0 Å². The summed E-state index contributed by atoms with van der Waals surface area (Å²) >= 11 is 0. The lowest BCUT2D eigenvalue weighted by Gasteiger charge is -2.05. The molecule has 0 spiro atoms. The maximum absolute atomic E-state index is 11.0. The summed E-state index contributed by atoms with van der Waals surface area (Å²) in [7, 11) is 1.65. The largest absolute Gasteiger partial charge is 0.478 e. The first-order valence-corrected chi connectivity index (χ1v) is 5.76. The summed E-state index contributed by atoms with van der Waals surface area (Å²) in [4.78, 5) is 15.3. The van der Waals surface area contributed by atoms with Crippen molar-refractivity contribution < 1.29 is 19.1 Å². The number of hydrogen-bond acceptors (Lipinski definition) is 4. The van der Waals surface area contributed by atoms with Crippen LogP contribution in [0.5, 0.6) is 0 Å². The molecule has 5 heteroatoms. The number of aromatic nitrogens is 1. The predicted molar refractivity (Wildman–Crippen MR) is 65.8 cm³/mol. The fourth-order valence-electron chi connectivity index (χ4n) is 1.72. The number of rotatable bonds is 5. The van der Waals surface area contributed by atoms with Crippen LogP contribution in [0.1, 0.15) is 29.6 Å². The molecule has 0 fully saturated rings. The number of aryl methyl sites for hydroxylation is 1. The summed E-state index contributed by atoms with van der Waals surface area (Å²) in [6.07, 6.45) is 1.54. The molecule has 1 unspecified atom stereocenters. The lowest BCUT2D eigenvalue weighted by molar-refractivity contribution is 0.0697. The average molecular weight is 249 g/mol. The number of carboxylic acid groups (broad SMARTS) is 1. The molecule has 5 nitrogen and oxygen atoms in total. The van der Waals surface area contributed by atoms with Crippen LogP contribution in [0, 0.1) is 0 Å². The molecule has 1 aromatic heterocycles. The van der Waals surface area contributed by atoms with E-state index in [0.717, 1.165) is 6.42 Å². The molecule has 0 bridgehead atoms. The highest BCUT2D eigenvalue weighted by molar-refractivity contribution is 5.99. The van der Waals surface area contributed by atoms with Crippen LogP contribution in [-0.4, -0.2) is 29.3 Å². The fourth-order valence-corrected chi connectivity index (χ4v) is 1.72. The molecule has 0 saturated carbocycles. The van der Waals surface area contributed by atoms with Gasteiger partial charge in [0.1, 0.15) is 11.1 Å². The van der Waals surface area contributed by atoms with Gasteiger partial charge >= 0.3 is 5.97 Å². The predicted octanol–water partition coefficient (Wildman–Crippen LogP) is 2.49. The van der Waals surface area contributed by atoms with Crippen molar-refractivity contribution in [1.82, 2.24) is 4.98 Å². The van der Waals surface area contributed by atoms with Crippen molar-refractivity contribution in [3.8, 4) is 0 Å². The SMILES string of the molecule is COC(C)CCc1nc2cccc(C(=O)O)c2o1. The van der Waals surface area contributed by atoms with E-state index >= 15 is 0 Å². The van der Waals surface area contributed by atoms with E-state index in [-0.39, 0.29) is 11.7 Å². The zero-order valence-electron chi connectivity index (χ0n) is 10.3. The Balaban J connectivity index is 2.27. The van der Waals surface area contributed by atoms with E-state index in [1.807, 2.05) is 6.92 Å². The monoisotopic (exact) mass is 249 g/mol. The first-order chi connectivity index (χ1) is 8.61. The summed E-state index contributed by atoms with van der Waals surface area (Å²) in [5.41, 5.74) is 1.06. The second-order valence-electron chi connectivity index (χ2n) is 4.15. The molecule has 2 rings (SSSR count). The number of ether oxygens (including phenoxy) is 1. The maximum Gasteiger partial charge on any atom is 0.339 e. The van der Waals surface area contributed by atoms with E-state index in [4.69, 9.17) is 14.3 Å². The van der Waals surface area contributed by atoms with E-state index in [0.29, 0.717) is 23.4 Å². The molecule has 0 aliphatic rings. The first-order valence-electron chi connectivity index (χ1n) is 5.76. The number of methoxy groups -OCH3 is 1. The van der Waals surface area contributed by atoms with Gasteiger partial charge in [-0.2, -0.15) is 0 Å². The third-order valence-electron chi connectivity index (χ3n) is 2.86. The average Bonchev–Trinajstić information content (AvgIpc) is 2.77. The minimum atomic E-state index is -1.01. The third kappa shape index (κ3) is 2.51. The Morgan fingerprint density at radius 2 is 2.33 bits per heavy atom. The van der Waals surface area contributed by atoms with Gasteiger partial charge in [0.15, 0.2) is 11.5 Å². The van der Waals surface area contributed by atoms with Crippen LogP contribution in [0.25, 0.3) is 11.1 Å². The molecular formula is C13H15NO4. The van der Waals surface area contributed by atoms with Crippen molar-refractivity contribution in [3.05, 3.63) is 29.7 Å². The Hall–Kier alpha value is -1.88. The van der Waals surface area contributed by atoms with E-state index in [1.54, 1.807) is 19.2 Å². The molecule has 0 saturated heterocycles. The topological polar surface area (TPSA) is 72.6 Å². The van der Waals surface area contributed by atoms with Crippen molar-refractivity contribution in [1.29, 1.82) is 0 Å². The number of hydrogen-bond donors (Lipinski definition) is 1. The van der Waals surface area contributed by atoms with Crippen LogP contribution >= 0.6 is 0 Å². The lowest BCUT2D eigenvalue weighted by atomic mass is 10.2. The number of carboxylic acids is 1. The second-order valence-corrected chi connectivity index (χ2v) is 4.15. The van der Waals surface area contributed by atoms with Crippen molar-refractivity contribution in [2.75, 3.05) is 7.11 Å². The van der Waals surface area contributed by atoms with Crippen LogP contribution in [0.3, 0.4) is 0 Å². The van der Waals surface area contributed by atoms with Gasteiger partial charge in [-0.3, -0.25) is 0 Å². The number of aromatic carboxylic acids is 1. The normalized spacial score (nSPS) is 12.8. The molecule has 96 valence electrons. The third-order valence-corrected chi connectivity index (χ3v) is 2.86. The molecular weight excluding hydrogens is 234 g/mol. The lowest BCUT2D eigenvalue weighted by Crippen LogP contribution is -2.05. The van der Waals surface area contributed by atoms with E-state index in [1.165, 1.54) is 6.07 Å². The Morgan fingerprint density at radius 3 is 3.00 bits per heavy atom.